The SMILES string of the molecule is N#CC(=Cc1c(OCc2ccccc2)ccc2ccccc12)S(=O)(=O)c1ccccc1. The normalized spacial score (nSPS) is 11.8. The molecule has 0 radical (unpaired) electrons. The van der Waals surface area contributed by atoms with Gasteiger partial charge in [-0.15, -0.1) is 0 Å². The number of hydrogen-bond donors (Lipinski definition) is 0. The molecule has 0 aliphatic carbocycles. The third kappa shape index (κ3) is 4.35. The fourth-order valence-electron chi connectivity index (χ4n) is 3.31. The maximum atomic E-state index is 13.1. The molecular formula is C26H19NO3S. The summed E-state index contributed by atoms with van der Waals surface area (Å²) in [5, 5.41) is 11.5. The lowest BCUT2D eigenvalue weighted by atomic mass is 10.0. The molecule has 0 aromatic heterocycles. The highest BCUT2D eigenvalue weighted by Crippen LogP contribution is 2.32. The molecule has 0 aliphatic rings. The molecule has 0 unspecified atom stereocenters. The number of benzene rings is 4. The average Bonchev–Trinajstić information content (AvgIpc) is 2.82. The van der Waals surface area contributed by atoms with Crippen LogP contribution in [0.2, 0.25) is 0 Å². The molecule has 4 aromatic rings. The van der Waals surface area contributed by atoms with E-state index in [1.807, 2.05) is 66.7 Å². The van der Waals surface area contributed by atoms with Crippen LogP contribution in [0.1, 0.15) is 11.1 Å². The Morgan fingerprint density at radius 2 is 1.48 bits per heavy atom. The molecule has 152 valence electrons. The zero-order valence-corrected chi connectivity index (χ0v) is 17.4. The first-order chi connectivity index (χ1) is 15.1. The molecule has 0 aliphatic heterocycles. The van der Waals surface area contributed by atoms with Gasteiger partial charge in [-0.2, -0.15) is 5.26 Å². The summed E-state index contributed by atoms with van der Waals surface area (Å²) in [5.74, 6) is 0.513. The van der Waals surface area contributed by atoms with Gasteiger partial charge in [-0.3, -0.25) is 0 Å². The monoisotopic (exact) mass is 425 g/mol. The predicted octanol–water partition coefficient (Wildman–Crippen LogP) is 5.76. The Bertz CT molecular complexity index is 1390. The first-order valence-corrected chi connectivity index (χ1v) is 11.2. The summed E-state index contributed by atoms with van der Waals surface area (Å²) in [6.07, 6.45) is 1.41. The molecule has 0 fully saturated rings. The van der Waals surface area contributed by atoms with Crippen molar-refractivity contribution in [1.29, 1.82) is 5.26 Å². The summed E-state index contributed by atoms with van der Waals surface area (Å²) in [5.41, 5.74) is 1.55. The van der Waals surface area contributed by atoms with Crippen LogP contribution in [0, 0.1) is 11.3 Å². The van der Waals surface area contributed by atoms with Crippen LogP contribution in [0.15, 0.2) is 107 Å². The first-order valence-electron chi connectivity index (χ1n) is 9.70. The molecule has 0 saturated heterocycles. The van der Waals surface area contributed by atoms with Crippen LogP contribution in [0.25, 0.3) is 16.8 Å². The summed E-state index contributed by atoms with van der Waals surface area (Å²) in [7, 11) is -3.96. The third-order valence-electron chi connectivity index (χ3n) is 4.90. The molecule has 31 heavy (non-hydrogen) atoms. The van der Waals surface area contributed by atoms with Gasteiger partial charge in [0, 0.05) is 5.56 Å². The van der Waals surface area contributed by atoms with Crippen molar-refractivity contribution in [2.24, 2.45) is 0 Å². The number of rotatable bonds is 6. The van der Waals surface area contributed by atoms with Crippen molar-refractivity contribution in [1.82, 2.24) is 0 Å². The maximum absolute atomic E-state index is 13.1. The summed E-state index contributed by atoms with van der Waals surface area (Å²) >= 11 is 0. The van der Waals surface area contributed by atoms with Crippen LogP contribution in [0.4, 0.5) is 0 Å². The van der Waals surface area contributed by atoms with E-state index in [1.165, 1.54) is 18.2 Å². The lowest BCUT2D eigenvalue weighted by Gasteiger charge is -2.13. The Kier molecular flexibility index (Phi) is 5.83. The van der Waals surface area contributed by atoms with Crippen molar-refractivity contribution < 1.29 is 13.2 Å². The van der Waals surface area contributed by atoms with E-state index in [-0.39, 0.29) is 9.80 Å². The Morgan fingerprint density at radius 1 is 0.839 bits per heavy atom. The van der Waals surface area contributed by atoms with Crippen molar-refractivity contribution in [3.8, 4) is 11.8 Å². The molecule has 0 N–H and O–H groups in total. The van der Waals surface area contributed by atoms with Gasteiger partial charge in [-0.1, -0.05) is 78.9 Å². The molecule has 5 heteroatoms. The Labute approximate surface area is 181 Å². The molecule has 0 amide bonds. The molecule has 0 bridgehead atoms. The molecule has 0 spiro atoms. The van der Waals surface area contributed by atoms with Gasteiger partial charge in [-0.05, 0) is 40.6 Å². The fourth-order valence-corrected chi connectivity index (χ4v) is 4.48. The molecule has 0 saturated carbocycles. The smallest absolute Gasteiger partial charge is 0.216 e. The molecule has 4 aromatic carbocycles. The van der Waals surface area contributed by atoms with Crippen LogP contribution < -0.4 is 4.74 Å². The number of hydrogen-bond acceptors (Lipinski definition) is 4. The zero-order valence-electron chi connectivity index (χ0n) is 16.6. The molecule has 0 atom stereocenters. The number of nitriles is 1. The lowest BCUT2D eigenvalue weighted by Crippen LogP contribution is -2.04. The summed E-state index contributed by atoms with van der Waals surface area (Å²) in [4.78, 5) is -0.255. The summed E-state index contributed by atoms with van der Waals surface area (Å²) in [6.45, 7) is 0.327. The van der Waals surface area contributed by atoms with Crippen molar-refractivity contribution >= 4 is 26.7 Å². The van der Waals surface area contributed by atoms with Crippen molar-refractivity contribution in [2.75, 3.05) is 0 Å². The minimum atomic E-state index is -3.96. The summed E-state index contributed by atoms with van der Waals surface area (Å²) < 4.78 is 32.2. The van der Waals surface area contributed by atoms with Gasteiger partial charge in [0.1, 0.15) is 23.3 Å². The largest absolute Gasteiger partial charge is 0.488 e. The molecule has 0 heterocycles. The van der Waals surface area contributed by atoms with E-state index in [4.69, 9.17) is 4.74 Å². The van der Waals surface area contributed by atoms with Crippen molar-refractivity contribution in [3.63, 3.8) is 0 Å². The van der Waals surface area contributed by atoms with E-state index in [0.717, 1.165) is 16.3 Å². The van der Waals surface area contributed by atoms with Crippen LogP contribution in [0.3, 0.4) is 0 Å². The second-order valence-electron chi connectivity index (χ2n) is 6.91. The van der Waals surface area contributed by atoms with Gasteiger partial charge >= 0.3 is 0 Å². The van der Waals surface area contributed by atoms with Crippen molar-refractivity contribution in [2.45, 2.75) is 11.5 Å². The van der Waals surface area contributed by atoms with E-state index < -0.39 is 9.84 Å². The molecule has 4 nitrogen and oxygen atoms in total. The number of nitrogens with zero attached hydrogens (tertiary/aromatic N) is 1. The van der Waals surface area contributed by atoms with Crippen molar-refractivity contribution in [3.05, 3.63) is 113 Å². The van der Waals surface area contributed by atoms with Crippen LogP contribution in [-0.4, -0.2) is 8.42 Å². The summed E-state index contributed by atoms with van der Waals surface area (Å²) in [6, 6.07) is 30.9. The van der Waals surface area contributed by atoms with Gasteiger partial charge in [0.05, 0.1) is 4.90 Å². The molecular weight excluding hydrogens is 406 g/mol. The Hall–Kier alpha value is -3.88. The number of allylic oxidation sites excluding steroid dienone is 1. The minimum absolute atomic E-state index is 0.0785. The van der Waals surface area contributed by atoms with Gasteiger partial charge in [0.2, 0.25) is 9.84 Å². The second-order valence-corrected chi connectivity index (χ2v) is 8.83. The molecule has 4 rings (SSSR count). The standard InChI is InChI=1S/C26H19NO3S/c27-18-23(31(28,29)22-12-5-2-6-13-22)17-25-24-14-8-7-11-21(24)15-16-26(25)30-19-20-9-3-1-4-10-20/h1-17H,19H2. The van der Waals surface area contributed by atoms with Crippen LogP contribution >= 0.6 is 0 Å². The fraction of sp³-hybridized carbons (Fsp3) is 0.0385. The van der Waals surface area contributed by atoms with Gasteiger partial charge in [-0.25, -0.2) is 8.42 Å². The maximum Gasteiger partial charge on any atom is 0.216 e. The van der Waals surface area contributed by atoms with E-state index in [1.54, 1.807) is 24.3 Å². The highest BCUT2D eigenvalue weighted by molar-refractivity contribution is 7.95. The Balaban J connectivity index is 1.83. The third-order valence-corrected chi connectivity index (χ3v) is 6.58. The lowest BCUT2D eigenvalue weighted by molar-refractivity contribution is 0.306. The number of sulfone groups is 1. The predicted molar refractivity (Wildman–Crippen MR) is 122 cm³/mol. The van der Waals surface area contributed by atoms with E-state index >= 15 is 0 Å². The van der Waals surface area contributed by atoms with Crippen LogP contribution in [-0.2, 0) is 16.4 Å². The Morgan fingerprint density at radius 3 is 2.19 bits per heavy atom. The van der Waals surface area contributed by atoms with E-state index in [9.17, 15) is 13.7 Å². The first kappa shape index (κ1) is 20.4. The quantitative estimate of drug-likeness (QED) is 0.369. The zero-order chi connectivity index (χ0) is 21.7. The van der Waals surface area contributed by atoms with Crippen LogP contribution in [0.5, 0.6) is 5.75 Å². The average molecular weight is 426 g/mol. The second kappa shape index (κ2) is 8.86. The van der Waals surface area contributed by atoms with Gasteiger partial charge in [0.15, 0.2) is 0 Å². The van der Waals surface area contributed by atoms with Gasteiger partial charge in [0.25, 0.3) is 0 Å². The topological polar surface area (TPSA) is 67.2 Å². The van der Waals surface area contributed by atoms with E-state index in [0.29, 0.717) is 17.9 Å². The number of ether oxygens (including phenoxy) is 1. The highest BCUT2D eigenvalue weighted by Gasteiger charge is 2.21. The minimum Gasteiger partial charge on any atom is -0.488 e. The number of fused-ring (bicyclic) bond motifs is 1. The van der Waals surface area contributed by atoms with Gasteiger partial charge < -0.3 is 4.74 Å². The highest BCUT2D eigenvalue weighted by atomic mass is 32.2. The van der Waals surface area contributed by atoms with E-state index in [2.05, 4.69) is 0 Å².